The second kappa shape index (κ2) is 19.8. The van der Waals surface area contributed by atoms with Crippen LogP contribution in [0.1, 0.15) is 115 Å². The van der Waals surface area contributed by atoms with Crippen LogP contribution in [0.2, 0.25) is 0 Å². The number of carbonyl (C=O) groups is 1. The minimum absolute atomic E-state index is 0.132. The van der Waals surface area contributed by atoms with Crippen LogP contribution in [0.15, 0.2) is 0 Å². The topological polar surface area (TPSA) is 189 Å². The third-order valence-electron chi connectivity index (χ3n) is 13.0. The van der Waals surface area contributed by atoms with Crippen LogP contribution in [0.25, 0.3) is 0 Å². The molecule has 2 unspecified atom stereocenters. The zero-order chi connectivity index (χ0) is 41.8. The Hall–Kier alpha value is -1.01. The number of cyclic esters (lactones) is 1. The molecule has 3 heterocycles. The lowest BCUT2D eigenvalue weighted by molar-refractivity contribution is -0.318. The van der Waals surface area contributed by atoms with Crippen LogP contribution in [-0.2, 0) is 33.2 Å². The molecule has 0 aromatic rings. The van der Waals surface area contributed by atoms with Crippen molar-refractivity contribution in [2.24, 2.45) is 23.7 Å². The van der Waals surface area contributed by atoms with E-state index in [4.69, 9.17) is 28.4 Å². The molecule has 3 saturated heterocycles. The van der Waals surface area contributed by atoms with Crippen molar-refractivity contribution >= 4 is 5.97 Å². The first-order valence-electron chi connectivity index (χ1n) is 20.7. The summed E-state index contributed by atoms with van der Waals surface area (Å²) >= 11 is 0. The molecule has 3 rings (SSSR count). The van der Waals surface area contributed by atoms with E-state index < -0.39 is 95.8 Å². The van der Waals surface area contributed by atoms with E-state index in [0.717, 1.165) is 12.8 Å². The summed E-state index contributed by atoms with van der Waals surface area (Å²) in [5.41, 5.74) is -4.46. The van der Waals surface area contributed by atoms with Crippen molar-refractivity contribution in [2.75, 3.05) is 27.7 Å². The molecule has 3 aliphatic rings. The van der Waals surface area contributed by atoms with E-state index in [-0.39, 0.29) is 43.4 Å². The van der Waals surface area contributed by atoms with Crippen LogP contribution >= 0.6 is 0 Å². The molecule has 14 heteroatoms. The summed E-state index contributed by atoms with van der Waals surface area (Å²) in [6.45, 7) is 20.5. The normalized spacial score (nSPS) is 48.3. The molecule has 3 aliphatic heterocycles. The van der Waals surface area contributed by atoms with Gasteiger partial charge >= 0.3 is 5.97 Å². The van der Waals surface area contributed by atoms with Crippen LogP contribution < -0.4 is 5.32 Å². The van der Waals surface area contributed by atoms with Gasteiger partial charge in [0.1, 0.15) is 23.9 Å². The number of likely N-dealkylation sites (N-methyl/N-ethyl adjacent to an activating group) is 1. The number of aliphatic hydroxyl groups is 5. The van der Waals surface area contributed by atoms with Crippen LogP contribution in [0.4, 0.5) is 0 Å². The lowest BCUT2D eigenvalue weighted by Crippen LogP contribution is -2.62. The summed E-state index contributed by atoms with van der Waals surface area (Å²) in [7, 11) is 5.29. The monoisotopic (exact) mass is 791 g/mol. The molecular weight excluding hydrogens is 712 g/mol. The summed E-state index contributed by atoms with van der Waals surface area (Å²) in [6, 6.07) is -0.654. The lowest BCUT2D eigenvalue weighted by Gasteiger charge is -2.49. The summed E-state index contributed by atoms with van der Waals surface area (Å²) in [5.74, 6) is -3.25. The maximum Gasteiger partial charge on any atom is 0.311 e. The molecule has 0 aromatic carbocycles. The highest BCUT2D eigenvalue weighted by atomic mass is 16.7. The third kappa shape index (κ3) is 11.2. The van der Waals surface area contributed by atoms with Gasteiger partial charge < -0.3 is 64.2 Å². The Morgan fingerprint density at radius 3 is 2.11 bits per heavy atom. The minimum Gasteiger partial charge on any atom is -0.459 e. The van der Waals surface area contributed by atoms with Gasteiger partial charge in [-0.1, -0.05) is 41.0 Å². The van der Waals surface area contributed by atoms with E-state index in [0.29, 0.717) is 13.0 Å². The van der Waals surface area contributed by atoms with Crippen molar-refractivity contribution in [3.8, 4) is 0 Å². The summed E-state index contributed by atoms with van der Waals surface area (Å²) in [6.07, 6.45) is -6.52. The van der Waals surface area contributed by atoms with E-state index in [1.54, 1.807) is 34.6 Å². The molecule has 0 radical (unpaired) electrons. The average molecular weight is 791 g/mol. The van der Waals surface area contributed by atoms with Crippen LogP contribution in [-0.4, -0.2) is 154 Å². The molecule has 0 aromatic heterocycles. The van der Waals surface area contributed by atoms with Crippen molar-refractivity contribution in [3.05, 3.63) is 0 Å². The number of nitrogens with zero attached hydrogens (tertiary/aromatic N) is 1. The van der Waals surface area contributed by atoms with E-state index >= 15 is 0 Å². The number of nitrogens with one attached hydrogen (secondary N) is 1. The molecule has 0 aliphatic carbocycles. The number of unbranched alkanes of at least 4 members (excludes halogenated alkanes) is 1. The fourth-order valence-electron chi connectivity index (χ4n) is 9.44. The second-order valence-electron chi connectivity index (χ2n) is 18.0. The predicted octanol–water partition coefficient (Wildman–Crippen LogP) is 2.97. The molecule has 0 amide bonds. The molecule has 6 N–H and O–H groups in total. The first-order chi connectivity index (χ1) is 25.5. The number of hydrogen-bond acceptors (Lipinski definition) is 14. The van der Waals surface area contributed by atoms with Gasteiger partial charge in [-0.3, -0.25) is 4.79 Å². The predicted molar refractivity (Wildman–Crippen MR) is 208 cm³/mol. The second-order valence-corrected chi connectivity index (χ2v) is 18.0. The van der Waals surface area contributed by atoms with E-state index in [1.807, 2.05) is 46.7 Å². The zero-order valence-electron chi connectivity index (χ0n) is 36.2. The van der Waals surface area contributed by atoms with Gasteiger partial charge in [-0.25, -0.2) is 0 Å². The van der Waals surface area contributed by atoms with Gasteiger partial charge in [-0.15, -0.1) is 0 Å². The summed E-state index contributed by atoms with van der Waals surface area (Å²) < 4.78 is 37.8. The molecular formula is C41H78N2O12. The van der Waals surface area contributed by atoms with Gasteiger partial charge in [0.05, 0.1) is 47.6 Å². The number of ether oxygens (including phenoxy) is 6. The highest BCUT2D eigenvalue weighted by Gasteiger charge is 2.53. The smallest absolute Gasteiger partial charge is 0.311 e. The summed E-state index contributed by atoms with van der Waals surface area (Å²) in [4.78, 5) is 16.2. The molecule has 0 spiro atoms. The van der Waals surface area contributed by atoms with E-state index in [9.17, 15) is 30.3 Å². The Kier molecular flexibility index (Phi) is 17.4. The van der Waals surface area contributed by atoms with Gasteiger partial charge in [-0.05, 0) is 93.8 Å². The fourth-order valence-corrected chi connectivity index (χ4v) is 9.44. The van der Waals surface area contributed by atoms with Crippen LogP contribution in [0, 0.1) is 23.7 Å². The Labute approximate surface area is 330 Å². The minimum atomic E-state index is -1.82. The number of carbonyl (C=O) groups excluding carboxylic acids is 1. The molecule has 3 fully saturated rings. The molecule has 324 valence electrons. The van der Waals surface area contributed by atoms with Gasteiger partial charge in [-0.2, -0.15) is 0 Å². The lowest BCUT2D eigenvalue weighted by atomic mass is 9.72. The largest absolute Gasteiger partial charge is 0.459 e. The maximum absolute atomic E-state index is 14.3. The highest BCUT2D eigenvalue weighted by Crippen LogP contribution is 2.41. The maximum atomic E-state index is 14.3. The van der Waals surface area contributed by atoms with Gasteiger partial charge in [0.15, 0.2) is 12.6 Å². The molecule has 0 saturated carbocycles. The Bertz CT molecular complexity index is 1190. The third-order valence-corrected chi connectivity index (χ3v) is 13.0. The number of hydrogen-bond donors (Lipinski definition) is 6. The van der Waals surface area contributed by atoms with Crippen molar-refractivity contribution in [3.63, 3.8) is 0 Å². The summed E-state index contributed by atoms with van der Waals surface area (Å²) in [5, 5.41) is 62.8. The Morgan fingerprint density at radius 1 is 0.909 bits per heavy atom. The number of methoxy groups -OCH3 is 1. The van der Waals surface area contributed by atoms with E-state index in [1.165, 1.54) is 14.0 Å². The molecule has 0 bridgehead atoms. The standard InChI is InChI=1S/C41H78N2O12/c1-15-17-18-42-31-22(3)20-39(9,48)36(55-38-32(44)28(43(12)13)19-23(4)51-38)25(6)33(54-30-21-40(10,50-14)35(46)27(8)52-30)26(7)37(47)53-29(16-2)41(11,49)34(45)24(31)5/h22-36,38,42,44-46,48-49H,15-21H2,1-14H3/t22-,23-,24+,25+,26-,27+,28+,29-,30+,31?,32-,33+,34-,35+,36?,38+,39-,40-,41-/m1/s1. The zero-order valence-corrected chi connectivity index (χ0v) is 36.2. The quantitative estimate of drug-likeness (QED) is 0.132. The number of aliphatic hydroxyl groups excluding tert-OH is 3. The number of rotatable bonds is 11. The van der Waals surface area contributed by atoms with Gasteiger partial charge in [0.2, 0.25) is 0 Å². The first kappa shape index (κ1) is 48.4. The van der Waals surface area contributed by atoms with Crippen LogP contribution in [0.3, 0.4) is 0 Å². The molecule has 14 nitrogen and oxygen atoms in total. The van der Waals surface area contributed by atoms with Gasteiger partial charge in [0.25, 0.3) is 0 Å². The first-order valence-corrected chi connectivity index (χ1v) is 20.7. The fraction of sp³-hybridized carbons (Fsp3) is 0.976. The van der Waals surface area contributed by atoms with Gasteiger partial charge in [0, 0.05) is 37.5 Å². The number of esters is 1. The Balaban J connectivity index is 2.22. The average Bonchev–Trinajstić information content (AvgIpc) is 3.11. The molecule has 55 heavy (non-hydrogen) atoms. The molecule has 19 atom stereocenters. The van der Waals surface area contributed by atoms with Crippen molar-refractivity contribution in [1.82, 2.24) is 10.2 Å². The van der Waals surface area contributed by atoms with Crippen molar-refractivity contribution < 1.29 is 58.7 Å². The highest BCUT2D eigenvalue weighted by molar-refractivity contribution is 5.73. The van der Waals surface area contributed by atoms with Crippen molar-refractivity contribution in [1.29, 1.82) is 0 Å². The van der Waals surface area contributed by atoms with Crippen molar-refractivity contribution in [2.45, 2.75) is 205 Å². The van der Waals surface area contributed by atoms with Crippen LogP contribution in [0.5, 0.6) is 0 Å². The SMILES string of the molecule is CCCCNC1[C@H](C)C[C@@](C)(O)C(O[C@@H]2O[C@H](C)C[C@H](N(C)C)[C@H]2O)[C@@H](C)[C@H](O[C@H]2C[C@@](C)(OC)[C@@H](O)[C@H](C)O2)[C@@H](C)C(=O)O[C@H](CC)[C@@](C)(O)[C@H](O)[C@H]1C. The van der Waals surface area contributed by atoms with E-state index in [2.05, 4.69) is 12.2 Å². The Morgan fingerprint density at radius 2 is 1.55 bits per heavy atom.